The van der Waals surface area contributed by atoms with Crippen LogP contribution in [0.1, 0.15) is 19.5 Å². The Morgan fingerprint density at radius 3 is 2.69 bits per heavy atom. The van der Waals surface area contributed by atoms with Crippen molar-refractivity contribution < 1.29 is 4.74 Å². The molecule has 0 spiro atoms. The predicted octanol–water partition coefficient (Wildman–Crippen LogP) is 1.79. The normalized spacial score (nSPS) is 12.6. The molecule has 1 unspecified atom stereocenters. The molecule has 1 aromatic heterocycles. The van der Waals surface area contributed by atoms with Gasteiger partial charge >= 0.3 is 0 Å². The van der Waals surface area contributed by atoms with E-state index >= 15 is 0 Å². The van der Waals surface area contributed by atoms with Crippen LogP contribution in [0.3, 0.4) is 0 Å². The molecule has 4 heteroatoms. The fourth-order valence-corrected chi connectivity index (χ4v) is 1.52. The van der Waals surface area contributed by atoms with Crippen LogP contribution in [-0.2, 0) is 0 Å². The Morgan fingerprint density at radius 1 is 1.50 bits per heavy atom. The summed E-state index contributed by atoms with van der Waals surface area (Å²) in [7, 11) is 1.64. The minimum atomic E-state index is 0.246. The minimum absolute atomic E-state index is 0.246. The highest BCUT2D eigenvalue weighted by Gasteiger charge is 2.13. The SMILES string of the molecule is COc1cnc(C)cc1NC(CN)C(C)C. The first-order chi connectivity index (χ1) is 7.58. The molecule has 0 fully saturated rings. The Kier molecular flexibility index (Phi) is 4.55. The zero-order valence-electron chi connectivity index (χ0n) is 10.4. The van der Waals surface area contributed by atoms with Gasteiger partial charge in [0.15, 0.2) is 5.75 Å². The molecule has 0 aliphatic carbocycles. The van der Waals surface area contributed by atoms with Crippen LogP contribution in [0.2, 0.25) is 0 Å². The highest BCUT2D eigenvalue weighted by atomic mass is 16.5. The van der Waals surface area contributed by atoms with E-state index < -0.39 is 0 Å². The summed E-state index contributed by atoms with van der Waals surface area (Å²) in [5.41, 5.74) is 7.65. The standard InChI is InChI=1S/C12H21N3O/c1-8(2)11(6-13)15-10-5-9(3)14-7-12(10)16-4/h5,7-8,11H,6,13H2,1-4H3,(H,14,15). The third kappa shape index (κ3) is 3.10. The summed E-state index contributed by atoms with van der Waals surface area (Å²) in [6.45, 7) is 6.84. The van der Waals surface area contributed by atoms with Gasteiger partial charge in [-0.05, 0) is 18.9 Å². The summed E-state index contributed by atoms with van der Waals surface area (Å²) in [5.74, 6) is 1.23. The lowest BCUT2D eigenvalue weighted by Gasteiger charge is -2.23. The summed E-state index contributed by atoms with van der Waals surface area (Å²) < 4.78 is 5.26. The minimum Gasteiger partial charge on any atom is -0.493 e. The Bertz CT molecular complexity index is 339. The molecular formula is C12H21N3O. The molecule has 0 saturated carbocycles. The molecule has 3 N–H and O–H groups in total. The quantitative estimate of drug-likeness (QED) is 0.799. The van der Waals surface area contributed by atoms with Crippen LogP contribution in [-0.4, -0.2) is 24.7 Å². The molecule has 4 nitrogen and oxygen atoms in total. The molecule has 0 aliphatic heterocycles. The number of pyridine rings is 1. The van der Waals surface area contributed by atoms with E-state index in [1.54, 1.807) is 13.3 Å². The number of hydrogen-bond acceptors (Lipinski definition) is 4. The fourth-order valence-electron chi connectivity index (χ4n) is 1.52. The summed E-state index contributed by atoms with van der Waals surface area (Å²) in [6.07, 6.45) is 1.73. The number of rotatable bonds is 5. The maximum Gasteiger partial charge on any atom is 0.160 e. The fraction of sp³-hybridized carbons (Fsp3) is 0.583. The molecular weight excluding hydrogens is 202 g/mol. The van der Waals surface area contributed by atoms with Crippen LogP contribution in [0.15, 0.2) is 12.3 Å². The Labute approximate surface area is 97.2 Å². The van der Waals surface area contributed by atoms with E-state index in [-0.39, 0.29) is 6.04 Å². The second-order valence-electron chi connectivity index (χ2n) is 4.26. The zero-order chi connectivity index (χ0) is 12.1. The molecule has 0 amide bonds. The Morgan fingerprint density at radius 2 is 2.19 bits per heavy atom. The van der Waals surface area contributed by atoms with Crippen LogP contribution in [0.5, 0.6) is 5.75 Å². The first kappa shape index (κ1) is 12.8. The van der Waals surface area contributed by atoms with Crippen LogP contribution < -0.4 is 15.8 Å². The van der Waals surface area contributed by atoms with Crippen molar-refractivity contribution in [3.8, 4) is 5.75 Å². The summed E-state index contributed by atoms with van der Waals surface area (Å²) in [4.78, 5) is 4.19. The number of aryl methyl sites for hydroxylation is 1. The number of ether oxygens (including phenoxy) is 1. The highest BCUT2D eigenvalue weighted by Crippen LogP contribution is 2.25. The van der Waals surface area contributed by atoms with Crippen LogP contribution in [0.25, 0.3) is 0 Å². The van der Waals surface area contributed by atoms with Crippen molar-refractivity contribution in [1.82, 2.24) is 4.98 Å². The molecule has 0 aliphatic rings. The lowest BCUT2D eigenvalue weighted by atomic mass is 10.0. The zero-order valence-corrected chi connectivity index (χ0v) is 10.4. The van der Waals surface area contributed by atoms with E-state index in [0.29, 0.717) is 12.5 Å². The van der Waals surface area contributed by atoms with Crippen LogP contribution in [0, 0.1) is 12.8 Å². The molecule has 90 valence electrons. The molecule has 16 heavy (non-hydrogen) atoms. The molecule has 0 bridgehead atoms. The molecule has 1 rings (SSSR count). The molecule has 1 atom stereocenters. The first-order valence-electron chi connectivity index (χ1n) is 5.55. The van der Waals surface area contributed by atoms with Crippen molar-refractivity contribution in [2.75, 3.05) is 19.0 Å². The van der Waals surface area contributed by atoms with Gasteiger partial charge in [-0.3, -0.25) is 4.98 Å². The summed E-state index contributed by atoms with van der Waals surface area (Å²) in [5, 5.41) is 3.40. The van der Waals surface area contributed by atoms with E-state index in [1.807, 2.05) is 13.0 Å². The van der Waals surface area contributed by atoms with Gasteiger partial charge in [-0.15, -0.1) is 0 Å². The predicted molar refractivity (Wildman–Crippen MR) is 66.8 cm³/mol. The van der Waals surface area contributed by atoms with E-state index in [4.69, 9.17) is 10.5 Å². The van der Waals surface area contributed by atoms with Gasteiger partial charge in [0.2, 0.25) is 0 Å². The maximum absolute atomic E-state index is 5.73. The van der Waals surface area contributed by atoms with Gasteiger partial charge in [-0.25, -0.2) is 0 Å². The number of nitrogens with two attached hydrogens (primary N) is 1. The highest BCUT2D eigenvalue weighted by molar-refractivity contribution is 5.56. The molecule has 0 aromatic carbocycles. The number of nitrogens with zero attached hydrogens (tertiary/aromatic N) is 1. The largest absolute Gasteiger partial charge is 0.493 e. The average Bonchev–Trinajstić information content (AvgIpc) is 2.25. The van der Waals surface area contributed by atoms with Crippen molar-refractivity contribution in [2.24, 2.45) is 11.7 Å². The van der Waals surface area contributed by atoms with Crippen LogP contribution >= 0.6 is 0 Å². The number of nitrogens with one attached hydrogen (secondary N) is 1. The second-order valence-corrected chi connectivity index (χ2v) is 4.26. The Hall–Kier alpha value is -1.29. The number of hydrogen-bond donors (Lipinski definition) is 2. The van der Waals surface area contributed by atoms with Gasteiger partial charge in [0.1, 0.15) is 0 Å². The number of aromatic nitrogens is 1. The molecule has 1 heterocycles. The van der Waals surface area contributed by atoms with E-state index in [1.165, 1.54) is 0 Å². The summed E-state index contributed by atoms with van der Waals surface area (Å²) >= 11 is 0. The van der Waals surface area contributed by atoms with Gasteiger partial charge in [0.05, 0.1) is 19.0 Å². The van der Waals surface area contributed by atoms with Crippen molar-refractivity contribution in [3.05, 3.63) is 18.0 Å². The van der Waals surface area contributed by atoms with Gasteiger partial charge < -0.3 is 15.8 Å². The second kappa shape index (κ2) is 5.70. The average molecular weight is 223 g/mol. The first-order valence-corrected chi connectivity index (χ1v) is 5.55. The van der Waals surface area contributed by atoms with Crippen LogP contribution in [0.4, 0.5) is 5.69 Å². The van der Waals surface area contributed by atoms with Gasteiger partial charge in [-0.1, -0.05) is 13.8 Å². The van der Waals surface area contributed by atoms with Crippen molar-refractivity contribution in [3.63, 3.8) is 0 Å². The molecule has 0 saturated heterocycles. The summed E-state index contributed by atoms with van der Waals surface area (Å²) in [6, 6.07) is 2.22. The smallest absolute Gasteiger partial charge is 0.160 e. The van der Waals surface area contributed by atoms with E-state index in [0.717, 1.165) is 17.1 Å². The molecule has 0 radical (unpaired) electrons. The van der Waals surface area contributed by atoms with Crippen molar-refractivity contribution >= 4 is 5.69 Å². The van der Waals surface area contributed by atoms with Crippen molar-refractivity contribution in [1.29, 1.82) is 0 Å². The van der Waals surface area contributed by atoms with Gasteiger partial charge in [0, 0.05) is 18.3 Å². The number of methoxy groups -OCH3 is 1. The maximum atomic E-state index is 5.73. The van der Waals surface area contributed by atoms with E-state index in [9.17, 15) is 0 Å². The Balaban J connectivity index is 2.89. The monoisotopic (exact) mass is 223 g/mol. The third-order valence-electron chi connectivity index (χ3n) is 2.62. The lowest BCUT2D eigenvalue weighted by Crippen LogP contribution is -2.33. The third-order valence-corrected chi connectivity index (χ3v) is 2.62. The van der Waals surface area contributed by atoms with Gasteiger partial charge in [-0.2, -0.15) is 0 Å². The van der Waals surface area contributed by atoms with Gasteiger partial charge in [0.25, 0.3) is 0 Å². The van der Waals surface area contributed by atoms with Crippen molar-refractivity contribution in [2.45, 2.75) is 26.8 Å². The topological polar surface area (TPSA) is 60.2 Å². The van der Waals surface area contributed by atoms with E-state index in [2.05, 4.69) is 24.1 Å². The number of anilines is 1. The molecule has 1 aromatic rings. The lowest BCUT2D eigenvalue weighted by molar-refractivity contribution is 0.412.